The number of pyridine rings is 1. The molecule has 0 aliphatic carbocycles. The Kier molecular flexibility index (Phi) is 4.61. The summed E-state index contributed by atoms with van der Waals surface area (Å²) < 4.78 is 13.1. The van der Waals surface area contributed by atoms with E-state index in [0.29, 0.717) is 15.9 Å². The molecule has 0 bridgehead atoms. The van der Waals surface area contributed by atoms with E-state index in [4.69, 9.17) is 23.2 Å². The van der Waals surface area contributed by atoms with Gasteiger partial charge >= 0.3 is 0 Å². The van der Waals surface area contributed by atoms with Crippen LogP contribution in [0, 0.1) is 5.95 Å². The maximum Gasteiger partial charge on any atom is 0.214 e. The molecule has 0 amide bonds. The zero-order valence-corrected chi connectivity index (χ0v) is 11.8. The van der Waals surface area contributed by atoms with E-state index in [1.165, 1.54) is 6.07 Å². The number of nitrogens with one attached hydrogen (secondary N) is 1. The summed E-state index contributed by atoms with van der Waals surface area (Å²) >= 11 is 11.9. The summed E-state index contributed by atoms with van der Waals surface area (Å²) in [5.41, 5.74) is 0.989. The molecule has 0 radical (unpaired) electrons. The highest BCUT2D eigenvalue weighted by molar-refractivity contribution is 6.42. The van der Waals surface area contributed by atoms with Gasteiger partial charge in [-0.25, -0.2) is 4.98 Å². The predicted molar refractivity (Wildman–Crippen MR) is 77.3 cm³/mol. The Balaban J connectivity index is 2.22. The minimum atomic E-state index is -0.506. The van der Waals surface area contributed by atoms with Gasteiger partial charge in [0.05, 0.1) is 16.1 Å². The summed E-state index contributed by atoms with van der Waals surface area (Å²) in [5, 5.41) is 4.20. The monoisotopic (exact) mass is 298 g/mol. The van der Waals surface area contributed by atoms with Crippen LogP contribution < -0.4 is 5.32 Å². The third-order valence-electron chi connectivity index (χ3n) is 2.79. The lowest BCUT2D eigenvalue weighted by molar-refractivity contribution is 0.583. The highest BCUT2D eigenvalue weighted by atomic mass is 35.5. The van der Waals surface area contributed by atoms with Crippen LogP contribution in [0.1, 0.15) is 24.9 Å². The van der Waals surface area contributed by atoms with E-state index in [1.807, 2.05) is 19.1 Å². The Morgan fingerprint density at radius 2 is 2.00 bits per heavy atom. The summed E-state index contributed by atoms with van der Waals surface area (Å²) in [6, 6.07) is 10.1. The molecule has 5 heteroatoms. The Bertz CT molecular complexity index is 575. The van der Waals surface area contributed by atoms with Crippen molar-refractivity contribution in [2.75, 3.05) is 5.32 Å². The van der Waals surface area contributed by atoms with Crippen molar-refractivity contribution in [3.63, 3.8) is 0 Å². The normalized spacial score (nSPS) is 12.2. The van der Waals surface area contributed by atoms with Crippen molar-refractivity contribution < 1.29 is 4.39 Å². The maximum atomic E-state index is 13.1. The number of anilines is 1. The average molecular weight is 299 g/mol. The van der Waals surface area contributed by atoms with Gasteiger partial charge in [0, 0.05) is 0 Å². The van der Waals surface area contributed by atoms with Crippen molar-refractivity contribution in [3.8, 4) is 0 Å². The molecule has 19 heavy (non-hydrogen) atoms. The van der Waals surface area contributed by atoms with Crippen molar-refractivity contribution in [1.29, 1.82) is 0 Å². The quantitative estimate of drug-likeness (QED) is 0.795. The molecule has 0 aliphatic heterocycles. The lowest BCUT2D eigenvalue weighted by atomic mass is 10.0. The Labute approximate surface area is 121 Å². The minimum Gasteiger partial charge on any atom is -0.363 e. The van der Waals surface area contributed by atoms with Gasteiger partial charge in [-0.1, -0.05) is 42.3 Å². The van der Waals surface area contributed by atoms with E-state index in [1.54, 1.807) is 18.2 Å². The fraction of sp³-hybridized carbons (Fsp3) is 0.214. The molecule has 1 unspecified atom stereocenters. The molecule has 0 saturated heterocycles. The summed E-state index contributed by atoms with van der Waals surface area (Å²) in [6.45, 7) is 2.03. The first-order valence-electron chi connectivity index (χ1n) is 5.94. The topological polar surface area (TPSA) is 24.9 Å². The van der Waals surface area contributed by atoms with Gasteiger partial charge in [-0.2, -0.15) is 4.39 Å². The van der Waals surface area contributed by atoms with Crippen LogP contribution in [0.2, 0.25) is 10.0 Å². The van der Waals surface area contributed by atoms with Gasteiger partial charge in [-0.15, -0.1) is 0 Å². The number of hydrogen-bond donors (Lipinski definition) is 1. The first-order chi connectivity index (χ1) is 9.10. The van der Waals surface area contributed by atoms with Crippen LogP contribution in [0.3, 0.4) is 0 Å². The van der Waals surface area contributed by atoms with Crippen LogP contribution in [-0.4, -0.2) is 4.98 Å². The molecule has 1 aromatic carbocycles. The zero-order chi connectivity index (χ0) is 13.8. The van der Waals surface area contributed by atoms with Crippen molar-refractivity contribution >= 4 is 29.0 Å². The number of halogens is 3. The molecule has 1 aromatic heterocycles. The van der Waals surface area contributed by atoms with Gasteiger partial charge in [0.25, 0.3) is 0 Å². The first kappa shape index (κ1) is 14.1. The molecule has 0 saturated carbocycles. The van der Waals surface area contributed by atoms with Gasteiger partial charge in [-0.3, -0.25) is 0 Å². The predicted octanol–water partition coefficient (Wildman–Crippen LogP) is 5.09. The molecule has 0 fully saturated rings. The molecular formula is C14H13Cl2FN2. The summed E-state index contributed by atoms with van der Waals surface area (Å²) in [4.78, 5) is 3.79. The maximum absolute atomic E-state index is 13.1. The molecule has 2 rings (SSSR count). The van der Waals surface area contributed by atoms with E-state index in [9.17, 15) is 4.39 Å². The molecule has 2 aromatic rings. The molecule has 0 aliphatic rings. The van der Waals surface area contributed by atoms with Gasteiger partial charge in [-0.05, 0) is 36.2 Å². The van der Waals surface area contributed by atoms with E-state index < -0.39 is 5.95 Å². The number of rotatable bonds is 4. The zero-order valence-electron chi connectivity index (χ0n) is 10.3. The number of hydrogen-bond acceptors (Lipinski definition) is 2. The summed E-state index contributed by atoms with van der Waals surface area (Å²) in [6.07, 6.45) is 0.816. The smallest absolute Gasteiger partial charge is 0.214 e. The van der Waals surface area contributed by atoms with Crippen LogP contribution in [0.4, 0.5) is 10.2 Å². The van der Waals surface area contributed by atoms with Gasteiger partial charge in [0.2, 0.25) is 5.95 Å². The Morgan fingerprint density at radius 1 is 1.21 bits per heavy atom. The van der Waals surface area contributed by atoms with Crippen molar-refractivity contribution in [2.24, 2.45) is 0 Å². The van der Waals surface area contributed by atoms with Gasteiger partial charge in [0.1, 0.15) is 5.82 Å². The van der Waals surface area contributed by atoms with Crippen molar-refractivity contribution in [2.45, 2.75) is 19.4 Å². The van der Waals surface area contributed by atoms with Crippen LogP contribution in [-0.2, 0) is 0 Å². The first-order valence-corrected chi connectivity index (χ1v) is 6.69. The fourth-order valence-corrected chi connectivity index (χ4v) is 2.12. The van der Waals surface area contributed by atoms with E-state index >= 15 is 0 Å². The van der Waals surface area contributed by atoms with Crippen LogP contribution >= 0.6 is 23.2 Å². The third kappa shape index (κ3) is 3.58. The minimum absolute atomic E-state index is 0.00377. The standard InChI is InChI=1S/C14H13Cl2FN2/c1-2-12(9-6-7-10(15)11(16)8-9)18-14-5-3-4-13(17)19-14/h3-8,12H,2H2,1H3,(H,18,19). The van der Waals surface area contributed by atoms with E-state index in [2.05, 4.69) is 10.3 Å². The molecule has 1 N–H and O–H groups in total. The molecule has 2 nitrogen and oxygen atoms in total. The Morgan fingerprint density at radius 3 is 2.63 bits per heavy atom. The lowest BCUT2D eigenvalue weighted by Gasteiger charge is -2.18. The van der Waals surface area contributed by atoms with Crippen molar-refractivity contribution in [3.05, 3.63) is 58.0 Å². The Hall–Kier alpha value is -1.32. The second-order valence-electron chi connectivity index (χ2n) is 4.12. The average Bonchev–Trinajstić information content (AvgIpc) is 2.39. The van der Waals surface area contributed by atoms with Crippen molar-refractivity contribution in [1.82, 2.24) is 4.98 Å². The van der Waals surface area contributed by atoms with Crippen LogP contribution in [0.25, 0.3) is 0 Å². The van der Waals surface area contributed by atoms with E-state index in [-0.39, 0.29) is 6.04 Å². The van der Waals surface area contributed by atoms with Gasteiger partial charge < -0.3 is 5.32 Å². The fourth-order valence-electron chi connectivity index (χ4n) is 1.82. The van der Waals surface area contributed by atoms with Crippen LogP contribution in [0.15, 0.2) is 36.4 Å². The van der Waals surface area contributed by atoms with Crippen LogP contribution in [0.5, 0.6) is 0 Å². The third-order valence-corrected chi connectivity index (χ3v) is 3.53. The summed E-state index contributed by atoms with van der Waals surface area (Å²) in [7, 11) is 0. The largest absolute Gasteiger partial charge is 0.363 e. The second-order valence-corrected chi connectivity index (χ2v) is 4.94. The number of nitrogens with zero attached hydrogens (tertiary/aromatic N) is 1. The molecule has 100 valence electrons. The van der Waals surface area contributed by atoms with E-state index in [0.717, 1.165) is 12.0 Å². The lowest BCUT2D eigenvalue weighted by Crippen LogP contribution is -2.11. The summed E-state index contributed by atoms with van der Waals surface area (Å²) in [5.74, 6) is -0.00749. The number of benzene rings is 1. The SMILES string of the molecule is CCC(Nc1cccc(F)n1)c1ccc(Cl)c(Cl)c1. The highest BCUT2D eigenvalue weighted by Crippen LogP contribution is 2.28. The molecular weight excluding hydrogens is 286 g/mol. The molecule has 0 spiro atoms. The second kappa shape index (κ2) is 6.22. The molecule has 1 atom stereocenters. The molecule has 1 heterocycles. The van der Waals surface area contributed by atoms with Gasteiger partial charge in [0.15, 0.2) is 0 Å². The number of aromatic nitrogens is 1. The highest BCUT2D eigenvalue weighted by Gasteiger charge is 2.11.